The lowest BCUT2D eigenvalue weighted by molar-refractivity contribution is 0.102. The second-order valence-corrected chi connectivity index (χ2v) is 6.92. The molecule has 0 fully saturated rings. The van der Waals surface area contributed by atoms with Crippen molar-refractivity contribution < 1.29 is 13.7 Å². The number of nitrogens with zero attached hydrogens (tertiary/aromatic N) is 3. The third-order valence-corrected chi connectivity index (χ3v) is 4.58. The normalized spacial score (nSPS) is 10.9. The number of anilines is 1. The van der Waals surface area contributed by atoms with Crippen LogP contribution >= 0.6 is 11.6 Å². The lowest BCUT2D eigenvalue weighted by Crippen LogP contribution is -2.13. The van der Waals surface area contributed by atoms with Crippen LogP contribution in [0.4, 0.5) is 10.1 Å². The molecule has 1 amide bonds. The molecule has 2 aromatic heterocycles. The van der Waals surface area contributed by atoms with Crippen LogP contribution < -0.4 is 5.32 Å². The molecular formula is C21H16ClFN4O2. The van der Waals surface area contributed by atoms with Crippen LogP contribution in [-0.4, -0.2) is 20.8 Å². The molecule has 2 heterocycles. The zero-order chi connectivity index (χ0) is 20.4. The molecule has 0 saturated carbocycles. The number of nitrogens with one attached hydrogen (secondary N) is 1. The molecule has 0 aliphatic carbocycles. The molecule has 8 heteroatoms. The fraction of sp³-hybridized carbons (Fsp3) is 0.0952. The van der Waals surface area contributed by atoms with Crippen molar-refractivity contribution in [1.29, 1.82) is 0 Å². The Morgan fingerprint density at radius 3 is 2.79 bits per heavy atom. The van der Waals surface area contributed by atoms with E-state index in [-0.39, 0.29) is 11.7 Å². The first kappa shape index (κ1) is 18.9. The first-order chi connectivity index (χ1) is 14.0. The molecule has 0 radical (unpaired) electrons. The molecule has 4 rings (SSSR count). The Morgan fingerprint density at radius 1 is 1.24 bits per heavy atom. The molecule has 1 N–H and O–H groups in total. The Labute approximate surface area is 170 Å². The Kier molecular flexibility index (Phi) is 5.14. The maximum atomic E-state index is 13.3. The third-order valence-electron chi connectivity index (χ3n) is 4.33. The van der Waals surface area contributed by atoms with Gasteiger partial charge in [0.15, 0.2) is 0 Å². The van der Waals surface area contributed by atoms with E-state index in [4.69, 9.17) is 16.1 Å². The molecular weight excluding hydrogens is 395 g/mol. The van der Waals surface area contributed by atoms with Crippen LogP contribution in [0.1, 0.15) is 21.7 Å². The lowest BCUT2D eigenvalue weighted by Gasteiger charge is -2.04. The molecule has 4 aromatic rings. The Hall–Kier alpha value is -3.45. The van der Waals surface area contributed by atoms with E-state index in [2.05, 4.69) is 15.6 Å². The molecule has 6 nitrogen and oxygen atoms in total. The predicted octanol–water partition coefficient (Wildman–Crippen LogP) is 4.94. The molecule has 0 saturated heterocycles. The molecule has 0 bridgehead atoms. The predicted molar refractivity (Wildman–Crippen MR) is 107 cm³/mol. The second kappa shape index (κ2) is 7.89. The fourth-order valence-corrected chi connectivity index (χ4v) is 3.10. The van der Waals surface area contributed by atoms with Gasteiger partial charge in [-0.2, -0.15) is 5.10 Å². The standard InChI is InChI=1S/C21H16ClFN4O2/c1-13-19(20(26-29-13)15-5-7-16(22)8-6-15)21(28)25-18-10-24-27(12-18)11-14-3-2-4-17(23)9-14/h2-10,12H,11H2,1H3,(H,25,28). The highest BCUT2D eigenvalue weighted by molar-refractivity contribution is 6.30. The molecule has 2 aromatic carbocycles. The number of hydrogen-bond donors (Lipinski definition) is 1. The molecule has 29 heavy (non-hydrogen) atoms. The van der Waals surface area contributed by atoms with Crippen LogP contribution in [0, 0.1) is 12.7 Å². The highest BCUT2D eigenvalue weighted by atomic mass is 35.5. The van der Waals surface area contributed by atoms with Crippen LogP contribution in [0.5, 0.6) is 0 Å². The summed E-state index contributed by atoms with van der Waals surface area (Å²) in [6.07, 6.45) is 3.20. The average molecular weight is 411 g/mol. The van der Waals surface area contributed by atoms with Gasteiger partial charge >= 0.3 is 0 Å². The zero-order valence-corrected chi connectivity index (χ0v) is 16.2. The number of amides is 1. The minimum Gasteiger partial charge on any atom is -0.360 e. The van der Waals surface area contributed by atoms with Gasteiger partial charge in [-0.15, -0.1) is 0 Å². The van der Waals surface area contributed by atoms with Crippen molar-refractivity contribution in [2.75, 3.05) is 5.32 Å². The number of benzene rings is 2. The smallest absolute Gasteiger partial charge is 0.261 e. The van der Waals surface area contributed by atoms with Gasteiger partial charge in [0.05, 0.1) is 18.4 Å². The van der Waals surface area contributed by atoms with Gasteiger partial charge in [0.2, 0.25) is 0 Å². The largest absolute Gasteiger partial charge is 0.360 e. The Balaban J connectivity index is 1.53. The fourth-order valence-electron chi connectivity index (χ4n) is 2.97. The number of carbonyl (C=O) groups excluding carboxylic acids is 1. The van der Waals surface area contributed by atoms with Gasteiger partial charge in [0.1, 0.15) is 22.8 Å². The molecule has 0 aliphatic heterocycles. The van der Waals surface area contributed by atoms with Crippen molar-refractivity contribution >= 4 is 23.2 Å². The van der Waals surface area contributed by atoms with Gasteiger partial charge in [-0.05, 0) is 36.8 Å². The summed E-state index contributed by atoms with van der Waals surface area (Å²) in [7, 11) is 0. The van der Waals surface area contributed by atoms with Crippen LogP contribution in [0.2, 0.25) is 5.02 Å². The summed E-state index contributed by atoms with van der Waals surface area (Å²) in [5.41, 5.74) is 2.77. The summed E-state index contributed by atoms with van der Waals surface area (Å²) in [5, 5.41) is 11.6. The summed E-state index contributed by atoms with van der Waals surface area (Å²) < 4.78 is 20.2. The van der Waals surface area contributed by atoms with E-state index in [0.717, 1.165) is 11.1 Å². The number of aryl methyl sites for hydroxylation is 1. The van der Waals surface area contributed by atoms with E-state index in [1.807, 2.05) is 6.07 Å². The number of halogens is 2. The van der Waals surface area contributed by atoms with Gasteiger partial charge in [0.25, 0.3) is 5.91 Å². The highest BCUT2D eigenvalue weighted by Gasteiger charge is 2.22. The van der Waals surface area contributed by atoms with Gasteiger partial charge in [-0.3, -0.25) is 9.48 Å². The lowest BCUT2D eigenvalue weighted by atomic mass is 10.1. The quantitative estimate of drug-likeness (QED) is 0.505. The van der Waals surface area contributed by atoms with Gasteiger partial charge < -0.3 is 9.84 Å². The first-order valence-corrected chi connectivity index (χ1v) is 9.18. The second-order valence-electron chi connectivity index (χ2n) is 6.48. The topological polar surface area (TPSA) is 73.0 Å². The summed E-state index contributed by atoms with van der Waals surface area (Å²) >= 11 is 5.93. The van der Waals surface area contributed by atoms with Crippen molar-refractivity contribution in [2.45, 2.75) is 13.5 Å². The van der Waals surface area contributed by atoms with Crippen LogP contribution in [0.15, 0.2) is 65.4 Å². The number of aromatic nitrogens is 3. The minimum atomic E-state index is -0.362. The van der Waals surface area contributed by atoms with E-state index in [1.165, 1.54) is 18.3 Å². The van der Waals surface area contributed by atoms with Crippen LogP contribution in [0.3, 0.4) is 0 Å². The molecule has 146 valence electrons. The average Bonchev–Trinajstić information content (AvgIpc) is 3.28. The number of rotatable bonds is 5. The molecule has 0 aliphatic rings. The SMILES string of the molecule is Cc1onc(-c2ccc(Cl)cc2)c1C(=O)Nc1cnn(Cc2cccc(F)c2)c1. The van der Waals surface area contributed by atoms with E-state index in [9.17, 15) is 9.18 Å². The summed E-state index contributed by atoms with van der Waals surface area (Å²) in [6.45, 7) is 2.06. The summed E-state index contributed by atoms with van der Waals surface area (Å²) in [5.74, 6) is -0.264. The Bertz CT molecular complexity index is 1170. The van der Waals surface area contributed by atoms with E-state index < -0.39 is 0 Å². The Morgan fingerprint density at radius 2 is 2.03 bits per heavy atom. The minimum absolute atomic E-state index is 0.305. The zero-order valence-electron chi connectivity index (χ0n) is 15.4. The van der Waals surface area contributed by atoms with Crippen molar-refractivity contribution in [3.05, 3.63) is 88.7 Å². The van der Waals surface area contributed by atoms with Crippen LogP contribution in [0.25, 0.3) is 11.3 Å². The highest BCUT2D eigenvalue weighted by Crippen LogP contribution is 2.27. The molecule has 0 spiro atoms. The van der Waals surface area contributed by atoms with Gasteiger partial charge in [-0.1, -0.05) is 41.0 Å². The third kappa shape index (κ3) is 4.20. The van der Waals surface area contributed by atoms with E-state index >= 15 is 0 Å². The summed E-state index contributed by atoms with van der Waals surface area (Å²) in [6, 6.07) is 13.3. The summed E-state index contributed by atoms with van der Waals surface area (Å²) in [4.78, 5) is 12.8. The van der Waals surface area contributed by atoms with Crippen molar-refractivity contribution in [1.82, 2.24) is 14.9 Å². The van der Waals surface area contributed by atoms with E-state index in [1.54, 1.807) is 48.1 Å². The molecule has 0 atom stereocenters. The van der Waals surface area contributed by atoms with Crippen LogP contribution in [-0.2, 0) is 6.54 Å². The van der Waals surface area contributed by atoms with Gasteiger partial charge in [0, 0.05) is 16.8 Å². The van der Waals surface area contributed by atoms with Gasteiger partial charge in [-0.25, -0.2) is 4.39 Å². The monoisotopic (exact) mass is 410 g/mol. The van der Waals surface area contributed by atoms with Crippen molar-refractivity contribution in [2.24, 2.45) is 0 Å². The van der Waals surface area contributed by atoms with E-state index in [0.29, 0.717) is 34.3 Å². The number of carbonyl (C=O) groups is 1. The van der Waals surface area contributed by atoms with Crippen molar-refractivity contribution in [3.8, 4) is 11.3 Å². The molecule has 0 unspecified atom stereocenters. The maximum absolute atomic E-state index is 13.3. The van der Waals surface area contributed by atoms with Crippen molar-refractivity contribution in [3.63, 3.8) is 0 Å². The maximum Gasteiger partial charge on any atom is 0.261 e. The number of hydrogen-bond acceptors (Lipinski definition) is 4. The first-order valence-electron chi connectivity index (χ1n) is 8.80.